The van der Waals surface area contributed by atoms with E-state index in [1.807, 2.05) is 49.4 Å². The highest BCUT2D eigenvalue weighted by atomic mass is 16.6. The number of ether oxygens (including phenoxy) is 1. The van der Waals surface area contributed by atoms with E-state index in [0.29, 0.717) is 17.8 Å². The molecule has 1 atom stereocenters. The Morgan fingerprint density at radius 1 is 1.14 bits per heavy atom. The molecule has 1 aliphatic rings. The second-order valence-electron chi connectivity index (χ2n) is 5.43. The molecule has 1 heterocycles. The number of nitrogens with zero attached hydrogens (tertiary/aromatic N) is 1. The summed E-state index contributed by atoms with van der Waals surface area (Å²) in [4.78, 5) is 26.1. The van der Waals surface area contributed by atoms with E-state index < -0.39 is 6.09 Å². The molecule has 3 rings (SSSR count). The third-order valence-electron chi connectivity index (χ3n) is 3.79. The molecule has 2 aromatic carbocycles. The van der Waals surface area contributed by atoms with Crippen molar-refractivity contribution in [3.63, 3.8) is 0 Å². The van der Waals surface area contributed by atoms with Gasteiger partial charge in [-0.15, -0.1) is 0 Å². The smallest absolute Gasteiger partial charge is 0.414 e. The van der Waals surface area contributed by atoms with Crippen LogP contribution in [0.15, 0.2) is 54.6 Å². The van der Waals surface area contributed by atoms with Gasteiger partial charge >= 0.3 is 6.09 Å². The Morgan fingerprint density at radius 2 is 1.82 bits per heavy atom. The lowest BCUT2D eigenvalue weighted by Crippen LogP contribution is -2.42. The molecule has 22 heavy (non-hydrogen) atoms. The van der Waals surface area contributed by atoms with Crippen molar-refractivity contribution in [1.82, 2.24) is 0 Å². The fourth-order valence-electron chi connectivity index (χ4n) is 2.61. The van der Waals surface area contributed by atoms with E-state index in [9.17, 15) is 9.59 Å². The lowest BCUT2D eigenvalue weighted by Gasteiger charge is -2.31. The Bertz CT molecular complexity index is 696. The number of rotatable bonds is 2. The third kappa shape index (κ3) is 2.72. The summed E-state index contributed by atoms with van der Waals surface area (Å²) in [5.74, 6) is -0.151. The summed E-state index contributed by atoms with van der Waals surface area (Å²) in [5.41, 5.74) is 2.15. The van der Waals surface area contributed by atoms with Gasteiger partial charge in [0.2, 0.25) is 0 Å². The van der Waals surface area contributed by atoms with Gasteiger partial charge in [0.05, 0.1) is 5.69 Å². The predicted molar refractivity (Wildman–Crippen MR) is 83.9 cm³/mol. The Kier molecular flexibility index (Phi) is 3.92. The van der Waals surface area contributed by atoms with Crippen LogP contribution in [0.2, 0.25) is 0 Å². The monoisotopic (exact) mass is 295 g/mol. The molecule has 1 aliphatic heterocycles. The summed E-state index contributed by atoms with van der Waals surface area (Å²) < 4.78 is 5.38. The average molecular weight is 295 g/mol. The maximum Gasteiger partial charge on any atom is 0.414 e. The standard InChI is InChI=1S/C18H17NO3/c1-13-11-19(16-10-6-5-9-15(16)17(13)20)18(21)22-12-14-7-3-2-4-8-14/h2-10,13H,11-12H2,1H3. The third-order valence-corrected chi connectivity index (χ3v) is 3.79. The van der Waals surface area contributed by atoms with Crippen LogP contribution in [0.25, 0.3) is 0 Å². The lowest BCUT2D eigenvalue weighted by atomic mass is 9.93. The van der Waals surface area contributed by atoms with Crippen molar-refractivity contribution in [3.8, 4) is 0 Å². The number of benzene rings is 2. The van der Waals surface area contributed by atoms with Gasteiger partial charge in [-0.25, -0.2) is 4.79 Å². The first kappa shape index (κ1) is 14.3. The highest BCUT2D eigenvalue weighted by molar-refractivity contribution is 6.08. The number of hydrogen-bond donors (Lipinski definition) is 0. The van der Waals surface area contributed by atoms with E-state index in [1.54, 1.807) is 17.0 Å². The molecule has 4 nitrogen and oxygen atoms in total. The van der Waals surface area contributed by atoms with Gasteiger partial charge in [0.1, 0.15) is 6.61 Å². The molecule has 4 heteroatoms. The Morgan fingerprint density at radius 3 is 2.59 bits per heavy atom. The first-order valence-electron chi connectivity index (χ1n) is 7.28. The number of para-hydroxylation sites is 1. The van der Waals surface area contributed by atoms with E-state index in [-0.39, 0.29) is 18.3 Å². The minimum atomic E-state index is -0.421. The first-order valence-corrected chi connectivity index (χ1v) is 7.28. The van der Waals surface area contributed by atoms with Crippen LogP contribution < -0.4 is 4.90 Å². The zero-order valence-electron chi connectivity index (χ0n) is 12.4. The molecule has 0 spiro atoms. The molecule has 0 N–H and O–H groups in total. The van der Waals surface area contributed by atoms with Crippen molar-refractivity contribution in [3.05, 3.63) is 65.7 Å². The molecule has 1 amide bonds. The topological polar surface area (TPSA) is 46.6 Å². The number of anilines is 1. The number of fused-ring (bicyclic) bond motifs is 1. The summed E-state index contributed by atoms with van der Waals surface area (Å²) in [6.45, 7) is 2.40. The van der Waals surface area contributed by atoms with E-state index >= 15 is 0 Å². The van der Waals surface area contributed by atoms with Crippen molar-refractivity contribution >= 4 is 17.6 Å². The maximum atomic E-state index is 12.4. The van der Waals surface area contributed by atoms with Gasteiger partial charge < -0.3 is 4.74 Å². The molecule has 112 valence electrons. The van der Waals surface area contributed by atoms with Crippen LogP contribution in [-0.4, -0.2) is 18.4 Å². The van der Waals surface area contributed by atoms with Crippen LogP contribution >= 0.6 is 0 Å². The highest BCUT2D eigenvalue weighted by Gasteiger charge is 2.32. The molecule has 0 saturated carbocycles. The fraction of sp³-hybridized carbons (Fsp3) is 0.222. The summed E-state index contributed by atoms with van der Waals surface area (Å²) >= 11 is 0. The fourth-order valence-corrected chi connectivity index (χ4v) is 2.61. The van der Waals surface area contributed by atoms with Crippen LogP contribution in [0, 0.1) is 5.92 Å². The van der Waals surface area contributed by atoms with Gasteiger partial charge in [-0.1, -0.05) is 49.4 Å². The maximum absolute atomic E-state index is 12.4. The Hall–Kier alpha value is -2.62. The van der Waals surface area contributed by atoms with Crippen molar-refractivity contribution in [2.75, 3.05) is 11.4 Å². The van der Waals surface area contributed by atoms with Crippen LogP contribution in [-0.2, 0) is 11.3 Å². The van der Waals surface area contributed by atoms with Gasteiger partial charge in [-0.3, -0.25) is 9.69 Å². The normalized spacial score (nSPS) is 17.0. The minimum absolute atomic E-state index is 0.0720. The van der Waals surface area contributed by atoms with Gasteiger partial charge in [0, 0.05) is 18.0 Å². The molecule has 0 fully saturated rings. The summed E-state index contributed by atoms with van der Waals surface area (Å²) in [7, 11) is 0. The molecular weight excluding hydrogens is 278 g/mol. The Labute approximate surface area is 129 Å². The Balaban J connectivity index is 1.78. The zero-order chi connectivity index (χ0) is 15.5. The van der Waals surface area contributed by atoms with Gasteiger partial charge in [-0.05, 0) is 17.7 Å². The van der Waals surface area contributed by atoms with Crippen molar-refractivity contribution in [2.45, 2.75) is 13.5 Å². The molecule has 0 bridgehead atoms. The zero-order valence-corrected chi connectivity index (χ0v) is 12.4. The molecule has 0 radical (unpaired) electrons. The van der Waals surface area contributed by atoms with E-state index in [4.69, 9.17) is 4.74 Å². The second-order valence-corrected chi connectivity index (χ2v) is 5.43. The highest BCUT2D eigenvalue weighted by Crippen LogP contribution is 2.30. The first-order chi connectivity index (χ1) is 10.7. The van der Waals surface area contributed by atoms with E-state index in [0.717, 1.165) is 5.56 Å². The number of carbonyl (C=O) groups excluding carboxylic acids is 2. The molecule has 0 aromatic heterocycles. The summed E-state index contributed by atoms with van der Waals surface area (Å²) in [5, 5.41) is 0. The number of amides is 1. The number of ketones is 1. The largest absolute Gasteiger partial charge is 0.444 e. The summed E-state index contributed by atoms with van der Waals surface area (Å²) in [6.07, 6.45) is -0.421. The molecule has 1 unspecified atom stereocenters. The minimum Gasteiger partial charge on any atom is -0.444 e. The van der Waals surface area contributed by atoms with Crippen LogP contribution in [0.5, 0.6) is 0 Å². The SMILES string of the molecule is CC1CN(C(=O)OCc2ccccc2)c2ccccc2C1=O. The molecule has 0 saturated heterocycles. The summed E-state index contributed by atoms with van der Waals surface area (Å²) in [6, 6.07) is 16.7. The van der Waals surface area contributed by atoms with E-state index in [1.165, 1.54) is 0 Å². The average Bonchev–Trinajstić information content (AvgIpc) is 2.57. The quantitative estimate of drug-likeness (QED) is 0.849. The second kappa shape index (κ2) is 6.02. The molecule has 0 aliphatic carbocycles. The van der Waals surface area contributed by atoms with Crippen LogP contribution in [0.4, 0.5) is 10.5 Å². The number of carbonyl (C=O) groups is 2. The van der Waals surface area contributed by atoms with Gasteiger partial charge in [0.25, 0.3) is 0 Å². The van der Waals surface area contributed by atoms with Gasteiger partial charge in [-0.2, -0.15) is 0 Å². The lowest BCUT2D eigenvalue weighted by molar-refractivity contribution is 0.0922. The van der Waals surface area contributed by atoms with Crippen molar-refractivity contribution in [1.29, 1.82) is 0 Å². The number of hydrogen-bond acceptors (Lipinski definition) is 3. The molecule has 2 aromatic rings. The van der Waals surface area contributed by atoms with Gasteiger partial charge in [0.15, 0.2) is 5.78 Å². The predicted octanol–water partition coefficient (Wildman–Crippen LogP) is 3.66. The van der Waals surface area contributed by atoms with E-state index in [2.05, 4.69) is 0 Å². The van der Waals surface area contributed by atoms with Crippen molar-refractivity contribution < 1.29 is 14.3 Å². The molecular formula is C18H17NO3. The van der Waals surface area contributed by atoms with Crippen LogP contribution in [0.3, 0.4) is 0 Å². The van der Waals surface area contributed by atoms with Crippen molar-refractivity contribution in [2.24, 2.45) is 5.92 Å². The number of Topliss-reactive ketones (excluding diaryl/α,β-unsaturated/α-hetero) is 1. The van der Waals surface area contributed by atoms with Crippen LogP contribution in [0.1, 0.15) is 22.8 Å².